The third-order valence-corrected chi connectivity index (χ3v) is 3.82. The van der Waals surface area contributed by atoms with Crippen molar-refractivity contribution in [2.75, 3.05) is 24.2 Å². The van der Waals surface area contributed by atoms with Gasteiger partial charge in [0.05, 0.1) is 4.90 Å². The molecular formula is C12H19NO2S. The first kappa shape index (κ1) is 13.0. The lowest BCUT2D eigenvalue weighted by molar-refractivity contribution is 0.602. The van der Waals surface area contributed by atoms with Crippen LogP contribution in [0.25, 0.3) is 0 Å². The minimum absolute atomic E-state index is 0.389. The molecular weight excluding hydrogens is 222 g/mol. The summed E-state index contributed by atoms with van der Waals surface area (Å²) in [5.41, 5.74) is 2.11. The van der Waals surface area contributed by atoms with Gasteiger partial charge in [0.15, 0.2) is 9.84 Å². The molecule has 0 heterocycles. The molecule has 0 radical (unpaired) electrons. The van der Waals surface area contributed by atoms with Gasteiger partial charge in [-0.05, 0) is 38.5 Å². The van der Waals surface area contributed by atoms with Crippen LogP contribution in [-0.2, 0) is 9.84 Å². The molecule has 1 aromatic rings. The molecule has 0 saturated heterocycles. The number of anilines is 1. The monoisotopic (exact) mass is 241 g/mol. The number of sulfone groups is 1. The van der Waals surface area contributed by atoms with E-state index in [1.807, 2.05) is 13.0 Å². The smallest absolute Gasteiger partial charge is 0.175 e. The van der Waals surface area contributed by atoms with Crippen LogP contribution in [0.4, 0.5) is 5.69 Å². The largest absolute Gasteiger partial charge is 0.372 e. The zero-order chi connectivity index (χ0) is 12.3. The first-order valence-corrected chi connectivity index (χ1v) is 7.35. The summed E-state index contributed by atoms with van der Waals surface area (Å²) >= 11 is 0. The van der Waals surface area contributed by atoms with Crippen molar-refractivity contribution >= 4 is 15.5 Å². The molecule has 0 aliphatic heterocycles. The van der Waals surface area contributed by atoms with E-state index in [0.29, 0.717) is 4.90 Å². The van der Waals surface area contributed by atoms with Crippen molar-refractivity contribution < 1.29 is 8.42 Å². The quantitative estimate of drug-likeness (QED) is 0.811. The minimum atomic E-state index is -3.12. The topological polar surface area (TPSA) is 37.4 Å². The fourth-order valence-corrected chi connectivity index (χ4v) is 2.37. The zero-order valence-corrected chi connectivity index (χ0v) is 11.1. The molecule has 0 atom stereocenters. The molecule has 1 rings (SSSR count). The van der Waals surface area contributed by atoms with E-state index in [1.54, 1.807) is 12.1 Å². The Bertz CT molecular complexity index is 462. The lowest BCUT2D eigenvalue weighted by Crippen LogP contribution is -2.23. The Morgan fingerprint density at radius 1 is 1.19 bits per heavy atom. The number of aryl methyl sites for hydroxylation is 1. The van der Waals surface area contributed by atoms with Crippen molar-refractivity contribution in [3.63, 3.8) is 0 Å². The van der Waals surface area contributed by atoms with Crippen LogP contribution in [-0.4, -0.2) is 27.8 Å². The summed E-state index contributed by atoms with van der Waals surface area (Å²) in [4.78, 5) is 2.55. The van der Waals surface area contributed by atoms with E-state index in [0.717, 1.165) is 24.3 Å². The molecule has 16 heavy (non-hydrogen) atoms. The second kappa shape index (κ2) is 4.87. The van der Waals surface area contributed by atoms with Gasteiger partial charge in [-0.25, -0.2) is 8.42 Å². The highest BCUT2D eigenvalue weighted by atomic mass is 32.2. The van der Waals surface area contributed by atoms with Crippen LogP contribution in [0.15, 0.2) is 23.1 Å². The molecule has 3 nitrogen and oxygen atoms in total. The number of hydrogen-bond acceptors (Lipinski definition) is 3. The van der Waals surface area contributed by atoms with E-state index in [2.05, 4.69) is 18.7 Å². The van der Waals surface area contributed by atoms with E-state index >= 15 is 0 Å². The van der Waals surface area contributed by atoms with Crippen molar-refractivity contribution in [1.82, 2.24) is 0 Å². The van der Waals surface area contributed by atoms with Crippen molar-refractivity contribution in [2.24, 2.45) is 0 Å². The minimum Gasteiger partial charge on any atom is -0.372 e. The van der Waals surface area contributed by atoms with Crippen LogP contribution < -0.4 is 4.90 Å². The number of hydrogen-bond donors (Lipinski definition) is 0. The Morgan fingerprint density at radius 2 is 1.75 bits per heavy atom. The van der Waals surface area contributed by atoms with Crippen LogP contribution in [0.3, 0.4) is 0 Å². The van der Waals surface area contributed by atoms with Gasteiger partial charge in [0.1, 0.15) is 0 Å². The predicted octanol–water partition coefficient (Wildman–Crippen LogP) is 2.24. The van der Waals surface area contributed by atoms with Gasteiger partial charge in [-0.3, -0.25) is 0 Å². The van der Waals surface area contributed by atoms with Crippen LogP contribution in [0.2, 0.25) is 0 Å². The Morgan fingerprint density at radius 3 is 2.19 bits per heavy atom. The number of benzene rings is 1. The first-order valence-electron chi connectivity index (χ1n) is 5.45. The fraction of sp³-hybridized carbons (Fsp3) is 0.500. The van der Waals surface area contributed by atoms with E-state index in [-0.39, 0.29) is 0 Å². The van der Waals surface area contributed by atoms with Gasteiger partial charge in [0.2, 0.25) is 0 Å². The van der Waals surface area contributed by atoms with Crippen molar-refractivity contribution in [3.05, 3.63) is 23.8 Å². The summed E-state index contributed by atoms with van der Waals surface area (Å²) < 4.78 is 23.0. The molecule has 0 N–H and O–H groups in total. The van der Waals surface area contributed by atoms with E-state index in [9.17, 15) is 8.42 Å². The molecule has 0 unspecified atom stereocenters. The van der Waals surface area contributed by atoms with Gasteiger partial charge in [-0.15, -0.1) is 0 Å². The van der Waals surface area contributed by atoms with E-state index < -0.39 is 9.84 Å². The maximum absolute atomic E-state index is 11.5. The van der Waals surface area contributed by atoms with Gasteiger partial charge in [-0.1, -0.05) is 6.07 Å². The molecule has 1 aromatic carbocycles. The molecule has 0 bridgehead atoms. The Labute approximate surface area is 98.0 Å². The predicted molar refractivity (Wildman–Crippen MR) is 67.8 cm³/mol. The molecule has 0 fully saturated rings. The van der Waals surface area contributed by atoms with Gasteiger partial charge in [0, 0.05) is 25.0 Å². The van der Waals surface area contributed by atoms with Crippen LogP contribution in [0, 0.1) is 6.92 Å². The lowest BCUT2D eigenvalue weighted by Gasteiger charge is -2.23. The van der Waals surface area contributed by atoms with Gasteiger partial charge in [0.25, 0.3) is 0 Å². The highest BCUT2D eigenvalue weighted by molar-refractivity contribution is 7.90. The SMILES string of the molecule is CCN(CC)c1cc(S(C)(=O)=O)ccc1C. The second-order valence-corrected chi connectivity index (χ2v) is 5.91. The normalized spacial score (nSPS) is 11.5. The summed E-state index contributed by atoms with van der Waals surface area (Å²) in [6.07, 6.45) is 1.24. The summed E-state index contributed by atoms with van der Waals surface area (Å²) in [6, 6.07) is 5.29. The van der Waals surface area contributed by atoms with Crippen molar-refractivity contribution in [1.29, 1.82) is 0 Å². The number of rotatable bonds is 4. The maximum Gasteiger partial charge on any atom is 0.175 e. The molecule has 0 spiro atoms. The van der Waals surface area contributed by atoms with Crippen molar-refractivity contribution in [2.45, 2.75) is 25.7 Å². The first-order chi connectivity index (χ1) is 7.40. The summed E-state index contributed by atoms with van der Waals surface area (Å²) in [6.45, 7) is 7.89. The standard InChI is InChI=1S/C12H19NO2S/c1-5-13(6-2)12-9-11(16(4,14)15)8-7-10(12)3/h7-9H,5-6H2,1-4H3. The van der Waals surface area contributed by atoms with Crippen LogP contribution in [0.5, 0.6) is 0 Å². The Hall–Kier alpha value is -1.03. The third-order valence-electron chi connectivity index (χ3n) is 2.71. The van der Waals surface area contributed by atoms with Crippen LogP contribution >= 0.6 is 0 Å². The number of nitrogens with zero attached hydrogens (tertiary/aromatic N) is 1. The molecule has 4 heteroatoms. The van der Waals surface area contributed by atoms with Crippen LogP contribution in [0.1, 0.15) is 19.4 Å². The molecule has 0 aliphatic carbocycles. The zero-order valence-electron chi connectivity index (χ0n) is 10.3. The average molecular weight is 241 g/mol. The molecule has 0 saturated carbocycles. The van der Waals surface area contributed by atoms with Gasteiger partial charge >= 0.3 is 0 Å². The summed E-state index contributed by atoms with van der Waals surface area (Å²) in [7, 11) is -3.12. The third kappa shape index (κ3) is 2.76. The van der Waals surface area contributed by atoms with E-state index in [1.165, 1.54) is 6.26 Å². The molecule has 90 valence electrons. The van der Waals surface area contributed by atoms with Gasteiger partial charge in [-0.2, -0.15) is 0 Å². The van der Waals surface area contributed by atoms with E-state index in [4.69, 9.17) is 0 Å². The highest BCUT2D eigenvalue weighted by Gasteiger charge is 2.12. The van der Waals surface area contributed by atoms with Gasteiger partial charge < -0.3 is 4.90 Å². The summed E-state index contributed by atoms with van der Waals surface area (Å²) in [5.74, 6) is 0. The molecule has 0 amide bonds. The molecule has 0 aromatic heterocycles. The fourth-order valence-electron chi connectivity index (χ4n) is 1.72. The summed E-state index contributed by atoms with van der Waals surface area (Å²) in [5, 5.41) is 0. The Kier molecular flexibility index (Phi) is 3.97. The average Bonchev–Trinajstić information content (AvgIpc) is 2.20. The second-order valence-electron chi connectivity index (χ2n) is 3.89. The highest BCUT2D eigenvalue weighted by Crippen LogP contribution is 2.23. The van der Waals surface area contributed by atoms with Crippen molar-refractivity contribution in [3.8, 4) is 0 Å². The Balaban J connectivity index is 3.29. The lowest BCUT2D eigenvalue weighted by atomic mass is 10.2. The maximum atomic E-state index is 11.5. The molecule has 0 aliphatic rings.